The Hall–Kier alpha value is -2.62. The second-order valence-electron chi connectivity index (χ2n) is 6.36. The van der Waals surface area contributed by atoms with Gasteiger partial charge in [-0.1, -0.05) is 42.5 Å². The van der Waals surface area contributed by atoms with Crippen LogP contribution in [0, 0.1) is 5.92 Å². The summed E-state index contributed by atoms with van der Waals surface area (Å²) in [7, 11) is 0. The van der Waals surface area contributed by atoms with E-state index in [9.17, 15) is 9.59 Å². The SMILES string of the molecule is O=C(O)c1ccc(CC(=O)N2CCC(Cc3ccccc3)C2)cc1. The van der Waals surface area contributed by atoms with Crippen LogP contribution in [0.2, 0.25) is 0 Å². The Morgan fingerprint density at radius 3 is 2.38 bits per heavy atom. The van der Waals surface area contributed by atoms with Crippen LogP contribution in [0.4, 0.5) is 0 Å². The summed E-state index contributed by atoms with van der Waals surface area (Å²) in [5.74, 6) is -0.310. The number of aromatic carboxylic acids is 1. The van der Waals surface area contributed by atoms with E-state index in [2.05, 4.69) is 12.1 Å². The molecule has 0 spiro atoms. The predicted molar refractivity (Wildman–Crippen MR) is 91.9 cm³/mol. The van der Waals surface area contributed by atoms with Gasteiger partial charge >= 0.3 is 5.97 Å². The molecule has 4 nitrogen and oxygen atoms in total. The van der Waals surface area contributed by atoms with Gasteiger partial charge in [0.25, 0.3) is 0 Å². The quantitative estimate of drug-likeness (QED) is 0.920. The zero-order valence-electron chi connectivity index (χ0n) is 13.5. The second-order valence-corrected chi connectivity index (χ2v) is 6.36. The number of hydrogen-bond donors (Lipinski definition) is 1. The van der Waals surface area contributed by atoms with Crippen molar-refractivity contribution < 1.29 is 14.7 Å². The highest BCUT2D eigenvalue weighted by Crippen LogP contribution is 2.21. The summed E-state index contributed by atoms with van der Waals surface area (Å²) >= 11 is 0. The molecule has 0 aliphatic carbocycles. The third-order valence-corrected chi connectivity index (χ3v) is 4.56. The van der Waals surface area contributed by atoms with E-state index < -0.39 is 5.97 Å². The van der Waals surface area contributed by atoms with Crippen molar-refractivity contribution in [2.75, 3.05) is 13.1 Å². The van der Waals surface area contributed by atoms with E-state index in [-0.39, 0.29) is 11.5 Å². The van der Waals surface area contributed by atoms with Crippen molar-refractivity contribution in [2.45, 2.75) is 19.3 Å². The number of carbonyl (C=O) groups is 2. The maximum Gasteiger partial charge on any atom is 0.335 e. The molecule has 1 heterocycles. The number of benzene rings is 2. The van der Waals surface area contributed by atoms with E-state index in [1.807, 2.05) is 23.1 Å². The molecule has 1 saturated heterocycles. The highest BCUT2D eigenvalue weighted by atomic mass is 16.4. The van der Waals surface area contributed by atoms with Crippen LogP contribution in [0.15, 0.2) is 54.6 Å². The van der Waals surface area contributed by atoms with E-state index in [1.165, 1.54) is 5.56 Å². The number of likely N-dealkylation sites (tertiary alicyclic amines) is 1. The first kappa shape index (κ1) is 16.2. The van der Waals surface area contributed by atoms with Crippen LogP contribution in [0.1, 0.15) is 27.9 Å². The van der Waals surface area contributed by atoms with Crippen LogP contribution in [-0.2, 0) is 17.6 Å². The van der Waals surface area contributed by atoms with Crippen LogP contribution in [0.5, 0.6) is 0 Å². The fraction of sp³-hybridized carbons (Fsp3) is 0.300. The molecule has 124 valence electrons. The molecule has 1 aliphatic rings. The largest absolute Gasteiger partial charge is 0.478 e. The molecule has 24 heavy (non-hydrogen) atoms. The molecule has 1 N–H and O–H groups in total. The highest BCUT2D eigenvalue weighted by Gasteiger charge is 2.26. The first-order chi connectivity index (χ1) is 11.6. The molecule has 1 aliphatic heterocycles. The van der Waals surface area contributed by atoms with Crippen LogP contribution in [-0.4, -0.2) is 35.0 Å². The minimum absolute atomic E-state index is 0.119. The molecular weight excluding hydrogens is 302 g/mol. The van der Waals surface area contributed by atoms with Crippen LogP contribution >= 0.6 is 0 Å². The zero-order chi connectivity index (χ0) is 16.9. The molecule has 0 radical (unpaired) electrons. The van der Waals surface area contributed by atoms with Gasteiger partial charge in [-0.3, -0.25) is 4.79 Å². The van der Waals surface area contributed by atoms with Gasteiger partial charge in [-0.2, -0.15) is 0 Å². The Balaban J connectivity index is 1.53. The molecule has 4 heteroatoms. The van der Waals surface area contributed by atoms with E-state index in [0.717, 1.165) is 31.5 Å². The van der Waals surface area contributed by atoms with E-state index >= 15 is 0 Å². The summed E-state index contributed by atoms with van der Waals surface area (Å²) in [5, 5.41) is 8.91. The Morgan fingerprint density at radius 1 is 1.00 bits per heavy atom. The van der Waals surface area contributed by atoms with Gasteiger partial charge in [0.15, 0.2) is 0 Å². The van der Waals surface area contributed by atoms with Gasteiger partial charge < -0.3 is 10.0 Å². The van der Waals surface area contributed by atoms with Crippen molar-refractivity contribution in [1.29, 1.82) is 0 Å². The minimum Gasteiger partial charge on any atom is -0.478 e. The molecule has 3 rings (SSSR count). The summed E-state index contributed by atoms with van der Waals surface area (Å²) in [6.07, 6.45) is 2.38. The fourth-order valence-corrected chi connectivity index (χ4v) is 3.22. The van der Waals surface area contributed by atoms with Crippen LogP contribution in [0.25, 0.3) is 0 Å². The standard InChI is InChI=1S/C20H21NO3/c22-19(13-16-6-8-18(9-7-16)20(23)24)21-11-10-17(14-21)12-15-4-2-1-3-5-15/h1-9,17H,10-14H2,(H,23,24). The molecule has 2 aromatic carbocycles. The monoisotopic (exact) mass is 323 g/mol. The van der Waals surface area contributed by atoms with Gasteiger partial charge in [-0.25, -0.2) is 4.79 Å². The fourth-order valence-electron chi connectivity index (χ4n) is 3.22. The first-order valence-corrected chi connectivity index (χ1v) is 8.26. The molecule has 1 unspecified atom stereocenters. The summed E-state index contributed by atoms with van der Waals surface area (Å²) < 4.78 is 0. The van der Waals surface area contributed by atoms with Gasteiger partial charge in [0.1, 0.15) is 0 Å². The van der Waals surface area contributed by atoms with Crippen molar-refractivity contribution in [3.63, 3.8) is 0 Å². The maximum atomic E-state index is 12.4. The third kappa shape index (κ3) is 4.02. The molecule has 1 fully saturated rings. The average Bonchev–Trinajstić information content (AvgIpc) is 3.05. The topological polar surface area (TPSA) is 57.6 Å². The minimum atomic E-state index is -0.948. The summed E-state index contributed by atoms with van der Waals surface area (Å²) in [6.45, 7) is 1.62. The number of carbonyl (C=O) groups excluding carboxylic acids is 1. The van der Waals surface area contributed by atoms with Crippen molar-refractivity contribution in [1.82, 2.24) is 4.90 Å². The summed E-state index contributed by atoms with van der Waals surface area (Å²) in [6, 6.07) is 16.9. The lowest BCUT2D eigenvalue weighted by molar-refractivity contribution is -0.129. The second kappa shape index (κ2) is 7.30. The number of nitrogens with zero attached hydrogens (tertiary/aromatic N) is 1. The smallest absolute Gasteiger partial charge is 0.335 e. The van der Waals surface area contributed by atoms with Gasteiger partial charge in [-0.05, 0) is 42.0 Å². The van der Waals surface area contributed by atoms with E-state index in [4.69, 9.17) is 5.11 Å². The Bertz CT molecular complexity index is 709. The van der Waals surface area contributed by atoms with E-state index in [0.29, 0.717) is 12.3 Å². The molecule has 1 amide bonds. The first-order valence-electron chi connectivity index (χ1n) is 8.26. The number of hydrogen-bond acceptors (Lipinski definition) is 2. The van der Waals surface area contributed by atoms with Crippen molar-refractivity contribution in [3.8, 4) is 0 Å². The maximum absolute atomic E-state index is 12.4. The lowest BCUT2D eigenvalue weighted by Gasteiger charge is -2.17. The number of amides is 1. The number of rotatable bonds is 5. The molecule has 0 saturated carbocycles. The zero-order valence-corrected chi connectivity index (χ0v) is 13.5. The average molecular weight is 323 g/mol. The number of carboxylic acids is 1. The molecular formula is C20H21NO3. The Labute approximate surface area is 141 Å². The van der Waals surface area contributed by atoms with E-state index in [1.54, 1.807) is 24.3 Å². The van der Waals surface area contributed by atoms with Crippen molar-refractivity contribution in [3.05, 3.63) is 71.3 Å². The van der Waals surface area contributed by atoms with Gasteiger partial charge in [0.05, 0.1) is 12.0 Å². The van der Waals surface area contributed by atoms with Crippen molar-refractivity contribution >= 4 is 11.9 Å². The normalized spacial score (nSPS) is 17.0. The lowest BCUT2D eigenvalue weighted by Crippen LogP contribution is -2.30. The molecule has 1 atom stereocenters. The van der Waals surface area contributed by atoms with Crippen molar-refractivity contribution in [2.24, 2.45) is 5.92 Å². The van der Waals surface area contributed by atoms with Crippen LogP contribution < -0.4 is 0 Å². The predicted octanol–water partition coefficient (Wildman–Crippen LogP) is 3.02. The van der Waals surface area contributed by atoms with Gasteiger partial charge in [-0.15, -0.1) is 0 Å². The molecule has 0 aromatic heterocycles. The highest BCUT2D eigenvalue weighted by molar-refractivity contribution is 5.87. The van der Waals surface area contributed by atoms with Gasteiger partial charge in [0.2, 0.25) is 5.91 Å². The number of carboxylic acid groups (broad SMARTS) is 1. The molecule has 0 bridgehead atoms. The lowest BCUT2D eigenvalue weighted by atomic mass is 9.99. The third-order valence-electron chi connectivity index (χ3n) is 4.56. The summed E-state index contributed by atoms with van der Waals surface area (Å²) in [5.41, 5.74) is 2.42. The summed E-state index contributed by atoms with van der Waals surface area (Å²) in [4.78, 5) is 25.2. The van der Waals surface area contributed by atoms with Crippen LogP contribution in [0.3, 0.4) is 0 Å². The Kier molecular flexibility index (Phi) is 4.94. The Morgan fingerprint density at radius 2 is 1.71 bits per heavy atom. The molecule has 2 aromatic rings. The van der Waals surface area contributed by atoms with Gasteiger partial charge in [0, 0.05) is 13.1 Å².